The van der Waals surface area contributed by atoms with E-state index in [1.165, 1.54) is 23.6 Å². The molecule has 29 heavy (non-hydrogen) atoms. The molecular weight excluding hydrogens is 414 g/mol. The first-order valence-electron chi connectivity index (χ1n) is 7.88. The summed E-state index contributed by atoms with van der Waals surface area (Å²) < 4.78 is 59.8. The Hall–Kier alpha value is -3.40. The number of thiophene rings is 1. The number of carbonyl (C=O) groups is 2. The number of carboxylic acids is 1. The zero-order valence-corrected chi connectivity index (χ0v) is 15.4. The topological polar surface area (TPSA) is 75.6 Å². The molecule has 0 saturated heterocycles. The van der Waals surface area contributed by atoms with Crippen molar-refractivity contribution in [1.29, 1.82) is 0 Å². The molecule has 0 bridgehead atoms. The highest BCUT2D eigenvalue weighted by Crippen LogP contribution is 2.37. The molecule has 10 heteroatoms. The first-order chi connectivity index (χ1) is 13.7. The molecule has 0 aliphatic carbocycles. The third kappa shape index (κ3) is 3.79. The lowest BCUT2D eigenvalue weighted by atomic mass is 10.1. The van der Waals surface area contributed by atoms with E-state index in [1.807, 2.05) is 0 Å². The molecule has 2 aromatic carbocycles. The van der Waals surface area contributed by atoms with Gasteiger partial charge in [-0.25, -0.2) is 22.4 Å². The van der Waals surface area contributed by atoms with Crippen LogP contribution in [0.3, 0.4) is 0 Å². The number of aromatic carboxylic acids is 1. The summed E-state index contributed by atoms with van der Waals surface area (Å²) in [6.07, 6.45) is 0. The monoisotopic (exact) mass is 425 g/mol. The Morgan fingerprint density at radius 2 is 1.79 bits per heavy atom. The molecule has 5 nitrogen and oxygen atoms in total. The van der Waals surface area contributed by atoms with Crippen LogP contribution in [0.25, 0.3) is 10.4 Å². The van der Waals surface area contributed by atoms with Crippen molar-refractivity contribution in [2.45, 2.75) is 0 Å². The number of amides is 1. The van der Waals surface area contributed by atoms with Gasteiger partial charge in [-0.15, -0.1) is 11.3 Å². The molecule has 0 saturated carbocycles. The molecule has 3 rings (SSSR count). The Kier molecular flexibility index (Phi) is 5.55. The smallest absolute Gasteiger partial charge is 0.339 e. The van der Waals surface area contributed by atoms with E-state index in [0.29, 0.717) is 0 Å². The molecule has 2 N–H and O–H groups in total. The molecule has 1 aromatic heterocycles. The van der Waals surface area contributed by atoms with Gasteiger partial charge in [-0.2, -0.15) is 0 Å². The molecule has 0 unspecified atom stereocenters. The summed E-state index contributed by atoms with van der Waals surface area (Å²) in [7, 11) is 0.938. The summed E-state index contributed by atoms with van der Waals surface area (Å²) >= 11 is 0.888. The molecule has 150 valence electrons. The minimum atomic E-state index is -1.57. The second-order valence-electron chi connectivity index (χ2n) is 5.69. The lowest BCUT2D eigenvalue weighted by Gasteiger charge is -2.11. The van der Waals surface area contributed by atoms with E-state index >= 15 is 0 Å². The van der Waals surface area contributed by atoms with Crippen molar-refractivity contribution < 1.29 is 37.0 Å². The second-order valence-corrected chi connectivity index (χ2v) is 6.57. The number of nitrogens with one attached hydrogen (secondary N) is 1. The Balaban J connectivity index is 2.04. The largest absolute Gasteiger partial charge is 0.491 e. The SMILES string of the molecule is COc1c(F)cc(F)c(C(=O)Nc2csc(-c3cccc(F)c3)c2C(=O)O)c1F. The van der Waals surface area contributed by atoms with Crippen LogP contribution in [0, 0.1) is 23.3 Å². The number of hydrogen-bond donors (Lipinski definition) is 2. The van der Waals surface area contributed by atoms with Crippen molar-refractivity contribution in [2.75, 3.05) is 12.4 Å². The number of carboxylic acid groups (broad SMARTS) is 1. The van der Waals surface area contributed by atoms with Gasteiger partial charge in [0.25, 0.3) is 5.91 Å². The van der Waals surface area contributed by atoms with Crippen LogP contribution in [0.5, 0.6) is 5.75 Å². The zero-order valence-electron chi connectivity index (χ0n) is 14.6. The molecular formula is C19H11F4NO4S. The van der Waals surface area contributed by atoms with Crippen LogP contribution in [-0.2, 0) is 0 Å². The van der Waals surface area contributed by atoms with E-state index in [9.17, 15) is 32.3 Å². The number of anilines is 1. The zero-order chi connectivity index (χ0) is 21.3. The van der Waals surface area contributed by atoms with Crippen LogP contribution in [-0.4, -0.2) is 24.1 Å². The van der Waals surface area contributed by atoms with Crippen molar-refractivity contribution in [2.24, 2.45) is 0 Å². The summed E-state index contributed by atoms with van der Waals surface area (Å²) in [6, 6.07) is 5.41. The van der Waals surface area contributed by atoms with Crippen molar-refractivity contribution >= 4 is 28.9 Å². The standard InChI is InChI=1S/C19H11F4NO4S/c1-28-16-11(22)6-10(21)13(15(16)23)18(25)24-12-7-29-17(14(12)19(26)27)8-3-2-4-9(20)5-8/h2-7H,1H3,(H,24,25)(H,26,27). The number of ether oxygens (including phenoxy) is 1. The lowest BCUT2D eigenvalue weighted by Crippen LogP contribution is -2.18. The molecule has 0 atom stereocenters. The van der Waals surface area contributed by atoms with Crippen molar-refractivity contribution in [1.82, 2.24) is 0 Å². The molecule has 1 amide bonds. The summed E-state index contributed by atoms with van der Waals surface area (Å²) in [6.45, 7) is 0. The Morgan fingerprint density at radius 3 is 2.41 bits per heavy atom. The average Bonchev–Trinajstić information content (AvgIpc) is 3.05. The molecule has 0 spiro atoms. The maximum Gasteiger partial charge on any atom is 0.339 e. The number of hydrogen-bond acceptors (Lipinski definition) is 4. The normalized spacial score (nSPS) is 10.7. The van der Waals surface area contributed by atoms with E-state index in [-0.39, 0.29) is 27.8 Å². The van der Waals surface area contributed by atoms with Gasteiger partial charge in [0, 0.05) is 11.4 Å². The van der Waals surface area contributed by atoms with Crippen molar-refractivity contribution in [3.05, 3.63) is 70.1 Å². The third-order valence-electron chi connectivity index (χ3n) is 3.90. The molecule has 0 aliphatic heterocycles. The lowest BCUT2D eigenvalue weighted by molar-refractivity contribution is 0.0699. The fraction of sp³-hybridized carbons (Fsp3) is 0.0526. The van der Waals surface area contributed by atoms with Gasteiger partial charge in [0.05, 0.1) is 17.7 Å². The van der Waals surface area contributed by atoms with E-state index in [0.717, 1.165) is 24.5 Å². The highest BCUT2D eigenvalue weighted by atomic mass is 32.1. The van der Waals surface area contributed by atoms with Gasteiger partial charge >= 0.3 is 5.97 Å². The van der Waals surface area contributed by atoms with Crippen LogP contribution in [0.4, 0.5) is 23.2 Å². The second kappa shape index (κ2) is 7.92. The van der Waals surface area contributed by atoms with Crippen LogP contribution >= 0.6 is 11.3 Å². The summed E-state index contributed by atoms with van der Waals surface area (Å²) in [5, 5.41) is 12.9. The molecule has 1 heterocycles. The maximum atomic E-state index is 14.3. The van der Waals surface area contributed by atoms with Gasteiger partial charge in [-0.05, 0) is 17.7 Å². The molecule has 0 aliphatic rings. The predicted octanol–water partition coefficient (Wildman–Crippen LogP) is 4.93. The minimum Gasteiger partial charge on any atom is -0.491 e. The maximum absolute atomic E-state index is 14.3. The van der Waals surface area contributed by atoms with Crippen molar-refractivity contribution in [3.63, 3.8) is 0 Å². The van der Waals surface area contributed by atoms with E-state index in [2.05, 4.69) is 10.1 Å². The van der Waals surface area contributed by atoms with Gasteiger partial charge in [0.2, 0.25) is 0 Å². The number of methoxy groups -OCH3 is 1. The van der Waals surface area contributed by atoms with Crippen LogP contribution < -0.4 is 10.1 Å². The highest BCUT2D eigenvalue weighted by Gasteiger charge is 2.27. The number of carbonyl (C=O) groups excluding carboxylic acids is 1. The third-order valence-corrected chi connectivity index (χ3v) is 4.93. The Labute approximate surface area is 165 Å². The quantitative estimate of drug-likeness (QED) is 0.569. The van der Waals surface area contributed by atoms with E-state index in [4.69, 9.17) is 0 Å². The summed E-state index contributed by atoms with van der Waals surface area (Å²) in [5.41, 5.74) is -1.54. The fourth-order valence-electron chi connectivity index (χ4n) is 2.66. The Bertz CT molecular complexity index is 1130. The van der Waals surface area contributed by atoms with Gasteiger partial charge in [0.15, 0.2) is 17.4 Å². The number of benzene rings is 2. The van der Waals surface area contributed by atoms with Crippen LogP contribution in [0.2, 0.25) is 0 Å². The van der Waals surface area contributed by atoms with Crippen LogP contribution in [0.1, 0.15) is 20.7 Å². The minimum absolute atomic E-state index is 0.130. The predicted molar refractivity (Wildman–Crippen MR) is 97.5 cm³/mol. The van der Waals surface area contributed by atoms with Crippen LogP contribution in [0.15, 0.2) is 35.7 Å². The van der Waals surface area contributed by atoms with E-state index in [1.54, 1.807) is 0 Å². The van der Waals surface area contributed by atoms with Gasteiger partial charge in [0.1, 0.15) is 22.8 Å². The molecule has 3 aromatic rings. The highest BCUT2D eigenvalue weighted by molar-refractivity contribution is 7.14. The van der Waals surface area contributed by atoms with Gasteiger partial charge in [-0.1, -0.05) is 12.1 Å². The van der Waals surface area contributed by atoms with Gasteiger partial charge in [-0.3, -0.25) is 4.79 Å². The summed E-state index contributed by atoms with van der Waals surface area (Å²) in [5.74, 6) is -8.74. The molecule has 0 fully saturated rings. The van der Waals surface area contributed by atoms with Crippen molar-refractivity contribution in [3.8, 4) is 16.2 Å². The Morgan fingerprint density at radius 1 is 1.07 bits per heavy atom. The number of rotatable bonds is 5. The molecule has 0 radical (unpaired) electrons. The summed E-state index contributed by atoms with van der Waals surface area (Å²) in [4.78, 5) is 24.2. The van der Waals surface area contributed by atoms with Gasteiger partial charge < -0.3 is 15.2 Å². The first-order valence-corrected chi connectivity index (χ1v) is 8.76. The number of halogens is 4. The van der Waals surface area contributed by atoms with E-state index < -0.39 is 46.5 Å². The average molecular weight is 425 g/mol. The fourth-order valence-corrected chi connectivity index (χ4v) is 3.65. The first kappa shape index (κ1) is 20.3.